The molecule has 1 amide bonds. The second-order valence-electron chi connectivity index (χ2n) is 9.68. The Labute approximate surface area is 207 Å². The van der Waals surface area contributed by atoms with Crippen LogP contribution in [0.25, 0.3) is 16.9 Å². The van der Waals surface area contributed by atoms with Crippen LogP contribution in [-0.4, -0.2) is 54.8 Å². The standard InChI is InChI=1S/C29H35N3O3/c1-21(2)22-7-9-24(10-8-22)32-25(11-12-28(33)30-13-14-31-15-17-34-18-16-31)19-23-20-35-27-6-4-3-5-26(27)29(23)32/h3-10,19,21H,11-18,20H2,1-2H3,(H,30,33). The van der Waals surface area contributed by atoms with Gasteiger partial charge in [-0.25, -0.2) is 0 Å². The number of benzene rings is 2. The Morgan fingerprint density at radius 3 is 2.60 bits per heavy atom. The van der Waals surface area contributed by atoms with Gasteiger partial charge in [-0.15, -0.1) is 0 Å². The summed E-state index contributed by atoms with van der Waals surface area (Å²) in [6, 6.07) is 19.2. The van der Waals surface area contributed by atoms with Crippen LogP contribution in [0, 0.1) is 0 Å². The van der Waals surface area contributed by atoms with E-state index in [0.29, 0.717) is 31.9 Å². The Kier molecular flexibility index (Phi) is 7.21. The molecule has 1 saturated heterocycles. The minimum absolute atomic E-state index is 0.0933. The predicted molar refractivity (Wildman–Crippen MR) is 138 cm³/mol. The van der Waals surface area contributed by atoms with Crippen molar-refractivity contribution in [1.29, 1.82) is 0 Å². The van der Waals surface area contributed by atoms with Gasteiger partial charge in [0.2, 0.25) is 5.91 Å². The summed E-state index contributed by atoms with van der Waals surface area (Å²) in [5, 5.41) is 3.10. The molecule has 35 heavy (non-hydrogen) atoms. The van der Waals surface area contributed by atoms with Crippen molar-refractivity contribution < 1.29 is 14.3 Å². The van der Waals surface area contributed by atoms with Gasteiger partial charge in [0.05, 0.1) is 18.9 Å². The molecule has 0 aliphatic carbocycles. The summed E-state index contributed by atoms with van der Waals surface area (Å²) in [6.45, 7) is 9.95. The van der Waals surface area contributed by atoms with Crippen LogP contribution >= 0.6 is 0 Å². The van der Waals surface area contributed by atoms with Gasteiger partial charge in [0.15, 0.2) is 0 Å². The van der Waals surface area contributed by atoms with Crippen molar-refractivity contribution in [1.82, 2.24) is 14.8 Å². The first-order valence-electron chi connectivity index (χ1n) is 12.7. The Morgan fingerprint density at radius 2 is 1.83 bits per heavy atom. The van der Waals surface area contributed by atoms with Gasteiger partial charge in [-0.05, 0) is 48.2 Å². The smallest absolute Gasteiger partial charge is 0.220 e. The predicted octanol–water partition coefficient (Wildman–Crippen LogP) is 4.54. The molecule has 0 bridgehead atoms. The van der Waals surface area contributed by atoms with E-state index in [0.717, 1.165) is 55.5 Å². The van der Waals surface area contributed by atoms with E-state index in [1.165, 1.54) is 16.8 Å². The lowest BCUT2D eigenvalue weighted by Gasteiger charge is -2.26. The summed E-state index contributed by atoms with van der Waals surface area (Å²) in [4.78, 5) is 15.0. The normalized spacial score (nSPS) is 15.4. The highest BCUT2D eigenvalue weighted by atomic mass is 16.5. The fourth-order valence-electron chi connectivity index (χ4n) is 4.96. The van der Waals surface area contributed by atoms with Gasteiger partial charge in [0.1, 0.15) is 12.4 Å². The number of hydrogen-bond acceptors (Lipinski definition) is 4. The first-order valence-corrected chi connectivity index (χ1v) is 12.7. The van der Waals surface area contributed by atoms with E-state index in [-0.39, 0.29) is 5.91 Å². The van der Waals surface area contributed by atoms with E-state index < -0.39 is 0 Å². The van der Waals surface area contributed by atoms with Crippen LogP contribution < -0.4 is 10.1 Å². The van der Waals surface area contributed by atoms with Gasteiger partial charge in [0.25, 0.3) is 0 Å². The van der Waals surface area contributed by atoms with Crippen molar-refractivity contribution in [2.45, 2.75) is 39.2 Å². The van der Waals surface area contributed by atoms with Crippen molar-refractivity contribution in [3.8, 4) is 22.7 Å². The lowest BCUT2D eigenvalue weighted by atomic mass is 10.0. The molecular weight excluding hydrogens is 438 g/mol. The SMILES string of the molecule is CC(C)c1ccc(-n2c(CCC(=O)NCCN3CCOCC3)cc3c2-c2ccccc2OC3)cc1. The number of aromatic nitrogens is 1. The summed E-state index contributed by atoms with van der Waals surface area (Å²) in [7, 11) is 0. The topological polar surface area (TPSA) is 55.7 Å². The molecule has 0 radical (unpaired) electrons. The number of carbonyl (C=O) groups is 1. The lowest BCUT2D eigenvalue weighted by Crippen LogP contribution is -2.41. The average molecular weight is 474 g/mol. The van der Waals surface area contributed by atoms with E-state index in [4.69, 9.17) is 9.47 Å². The highest BCUT2D eigenvalue weighted by molar-refractivity contribution is 5.77. The van der Waals surface area contributed by atoms with E-state index >= 15 is 0 Å². The molecule has 6 nitrogen and oxygen atoms in total. The maximum atomic E-state index is 12.7. The largest absolute Gasteiger partial charge is 0.488 e. The molecular formula is C29H35N3O3. The van der Waals surface area contributed by atoms with Crippen molar-refractivity contribution in [2.75, 3.05) is 39.4 Å². The molecule has 6 heteroatoms. The van der Waals surface area contributed by atoms with E-state index in [1.54, 1.807) is 0 Å². The van der Waals surface area contributed by atoms with Crippen LogP contribution in [0.15, 0.2) is 54.6 Å². The summed E-state index contributed by atoms with van der Waals surface area (Å²) >= 11 is 0. The molecule has 2 aliphatic rings. The van der Waals surface area contributed by atoms with Crippen LogP contribution in [0.2, 0.25) is 0 Å². The molecule has 0 unspecified atom stereocenters. The quantitative estimate of drug-likeness (QED) is 0.522. The van der Waals surface area contributed by atoms with Gasteiger partial charge in [0, 0.05) is 55.1 Å². The highest BCUT2D eigenvalue weighted by Gasteiger charge is 2.25. The molecule has 0 spiro atoms. The van der Waals surface area contributed by atoms with Crippen LogP contribution in [0.3, 0.4) is 0 Å². The van der Waals surface area contributed by atoms with Crippen molar-refractivity contribution in [3.63, 3.8) is 0 Å². The molecule has 0 saturated carbocycles. The van der Waals surface area contributed by atoms with Crippen LogP contribution in [0.5, 0.6) is 5.75 Å². The Balaban J connectivity index is 1.35. The molecule has 3 heterocycles. The fraction of sp³-hybridized carbons (Fsp3) is 0.414. The number of rotatable bonds is 8. The molecule has 1 fully saturated rings. The number of amides is 1. The zero-order valence-corrected chi connectivity index (χ0v) is 20.8. The lowest BCUT2D eigenvalue weighted by molar-refractivity contribution is -0.121. The molecule has 2 aliphatic heterocycles. The second-order valence-corrected chi connectivity index (χ2v) is 9.68. The highest BCUT2D eigenvalue weighted by Crippen LogP contribution is 2.41. The molecule has 5 rings (SSSR count). The minimum Gasteiger partial charge on any atom is -0.488 e. The number of para-hydroxylation sites is 1. The molecule has 3 aromatic rings. The third kappa shape index (κ3) is 5.29. The van der Waals surface area contributed by atoms with E-state index in [2.05, 4.69) is 71.1 Å². The third-order valence-electron chi connectivity index (χ3n) is 6.96. The number of hydrogen-bond donors (Lipinski definition) is 1. The fourth-order valence-corrected chi connectivity index (χ4v) is 4.96. The zero-order valence-electron chi connectivity index (χ0n) is 20.8. The van der Waals surface area contributed by atoms with Gasteiger partial charge in [-0.1, -0.05) is 38.1 Å². The van der Waals surface area contributed by atoms with Gasteiger partial charge >= 0.3 is 0 Å². The van der Waals surface area contributed by atoms with Crippen LogP contribution in [-0.2, 0) is 22.6 Å². The van der Waals surface area contributed by atoms with Gasteiger partial charge < -0.3 is 19.4 Å². The first kappa shape index (κ1) is 23.6. The minimum atomic E-state index is 0.0933. The van der Waals surface area contributed by atoms with E-state index in [1.807, 2.05) is 12.1 Å². The first-order chi connectivity index (χ1) is 17.1. The molecule has 184 valence electrons. The maximum absolute atomic E-state index is 12.7. The van der Waals surface area contributed by atoms with Crippen LogP contribution in [0.1, 0.15) is 43.0 Å². The molecule has 1 N–H and O–H groups in total. The number of aryl methyl sites for hydroxylation is 1. The Bertz CT molecular complexity index is 1160. The van der Waals surface area contributed by atoms with E-state index in [9.17, 15) is 4.79 Å². The summed E-state index contributed by atoms with van der Waals surface area (Å²) in [5.41, 5.74) is 7.01. The van der Waals surface area contributed by atoms with Crippen LogP contribution in [0.4, 0.5) is 0 Å². The maximum Gasteiger partial charge on any atom is 0.220 e. The monoisotopic (exact) mass is 473 g/mol. The third-order valence-corrected chi connectivity index (χ3v) is 6.96. The number of ether oxygens (including phenoxy) is 2. The Morgan fingerprint density at radius 1 is 1.06 bits per heavy atom. The summed E-state index contributed by atoms with van der Waals surface area (Å²) < 4.78 is 13.8. The Hall–Kier alpha value is -3.09. The molecule has 2 aromatic carbocycles. The number of nitrogens with one attached hydrogen (secondary N) is 1. The van der Waals surface area contributed by atoms with Gasteiger partial charge in [-0.2, -0.15) is 0 Å². The summed E-state index contributed by atoms with van der Waals surface area (Å²) in [6.07, 6.45) is 1.13. The summed E-state index contributed by atoms with van der Waals surface area (Å²) in [5.74, 6) is 1.48. The van der Waals surface area contributed by atoms with Gasteiger partial charge in [-0.3, -0.25) is 9.69 Å². The number of morpholine rings is 1. The van der Waals surface area contributed by atoms with Crippen molar-refractivity contribution >= 4 is 5.91 Å². The zero-order chi connectivity index (χ0) is 24.2. The number of nitrogens with zero attached hydrogens (tertiary/aromatic N) is 2. The molecule has 0 atom stereocenters. The second kappa shape index (κ2) is 10.7. The van der Waals surface area contributed by atoms with Crippen molar-refractivity contribution in [2.24, 2.45) is 0 Å². The average Bonchev–Trinajstić information content (AvgIpc) is 3.27. The number of carbonyl (C=O) groups excluding carboxylic acids is 1. The number of fused-ring (bicyclic) bond motifs is 3. The molecule has 1 aromatic heterocycles. The van der Waals surface area contributed by atoms with Crippen molar-refractivity contribution in [3.05, 3.63) is 71.4 Å².